The molecule has 1 amide bonds. The molecule has 0 fully saturated rings. The van der Waals surface area contributed by atoms with Crippen LogP contribution in [-0.2, 0) is 0 Å². The van der Waals surface area contributed by atoms with Crippen LogP contribution in [0.15, 0.2) is 36.9 Å². The van der Waals surface area contributed by atoms with Crippen molar-refractivity contribution in [1.29, 1.82) is 0 Å². The number of rotatable bonds is 5. The van der Waals surface area contributed by atoms with Crippen LogP contribution >= 0.6 is 23.2 Å². The molecule has 2 rings (SSSR count). The van der Waals surface area contributed by atoms with Gasteiger partial charge < -0.3 is 10.1 Å². The van der Waals surface area contributed by atoms with Gasteiger partial charge in [-0.1, -0.05) is 41.9 Å². The molecule has 0 atom stereocenters. The molecule has 1 heterocycles. The van der Waals surface area contributed by atoms with Crippen LogP contribution in [0.1, 0.15) is 21.7 Å². The van der Waals surface area contributed by atoms with Crippen molar-refractivity contribution < 1.29 is 9.53 Å². The Labute approximate surface area is 145 Å². The minimum absolute atomic E-state index is 0.288. The molecule has 120 valence electrons. The van der Waals surface area contributed by atoms with E-state index in [4.69, 9.17) is 27.9 Å². The third-order valence-corrected chi connectivity index (χ3v) is 3.71. The molecule has 0 saturated carbocycles. The third kappa shape index (κ3) is 4.03. The van der Waals surface area contributed by atoms with Crippen LogP contribution in [0, 0.1) is 13.8 Å². The number of hydrogen-bond donors (Lipinski definition) is 1. The van der Waals surface area contributed by atoms with Gasteiger partial charge in [-0.2, -0.15) is 0 Å². The highest BCUT2D eigenvalue weighted by Crippen LogP contribution is 2.31. The molecule has 4 nitrogen and oxygen atoms in total. The van der Waals surface area contributed by atoms with Crippen LogP contribution in [0.3, 0.4) is 0 Å². The van der Waals surface area contributed by atoms with Crippen LogP contribution in [-0.4, -0.2) is 17.5 Å². The van der Waals surface area contributed by atoms with Gasteiger partial charge in [-0.3, -0.25) is 9.78 Å². The van der Waals surface area contributed by atoms with Crippen molar-refractivity contribution in [3.05, 3.63) is 63.9 Å². The number of halogens is 2. The van der Waals surface area contributed by atoms with Crippen LogP contribution in [0.2, 0.25) is 10.0 Å². The van der Waals surface area contributed by atoms with Crippen molar-refractivity contribution in [2.24, 2.45) is 0 Å². The van der Waals surface area contributed by atoms with Crippen LogP contribution in [0.5, 0.6) is 5.75 Å². The number of hydrogen-bond acceptors (Lipinski definition) is 3. The van der Waals surface area contributed by atoms with Gasteiger partial charge in [-0.25, -0.2) is 0 Å². The molecule has 0 spiro atoms. The number of ether oxygens (including phenoxy) is 1. The number of amides is 1. The molecule has 0 bridgehead atoms. The van der Waals surface area contributed by atoms with E-state index in [-0.39, 0.29) is 12.5 Å². The van der Waals surface area contributed by atoms with Gasteiger partial charge in [-0.15, -0.1) is 0 Å². The zero-order valence-electron chi connectivity index (χ0n) is 12.8. The Morgan fingerprint density at radius 2 is 2.00 bits per heavy atom. The van der Waals surface area contributed by atoms with Crippen molar-refractivity contribution >= 4 is 34.8 Å². The molecule has 6 heteroatoms. The highest BCUT2D eigenvalue weighted by molar-refractivity contribution is 6.40. The van der Waals surface area contributed by atoms with E-state index in [1.807, 2.05) is 6.92 Å². The first kappa shape index (κ1) is 17.3. The van der Waals surface area contributed by atoms with E-state index in [2.05, 4.69) is 16.9 Å². The van der Waals surface area contributed by atoms with E-state index >= 15 is 0 Å². The van der Waals surface area contributed by atoms with E-state index in [1.54, 1.807) is 37.3 Å². The first-order valence-corrected chi connectivity index (χ1v) is 7.67. The number of nitrogens with zero attached hydrogens (tertiary/aromatic N) is 1. The van der Waals surface area contributed by atoms with Gasteiger partial charge in [0.05, 0.1) is 21.4 Å². The fraction of sp³-hybridized carbons (Fsp3) is 0.176. The van der Waals surface area contributed by atoms with E-state index < -0.39 is 0 Å². The largest absolute Gasteiger partial charge is 0.489 e. The van der Waals surface area contributed by atoms with Crippen molar-refractivity contribution in [3.8, 4) is 5.75 Å². The Kier molecular flexibility index (Phi) is 5.64. The number of nitrogens with one attached hydrogen (secondary N) is 1. The maximum Gasteiger partial charge on any atom is 0.261 e. The lowest BCUT2D eigenvalue weighted by molar-refractivity contribution is 0.102. The molecule has 23 heavy (non-hydrogen) atoms. The van der Waals surface area contributed by atoms with Gasteiger partial charge in [0.25, 0.3) is 5.91 Å². The van der Waals surface area contributed by atoms with Gasteiger partial charge in [0.1, 0.15) is 17.9 Å². The number of aromatic nitrogens is 1. The molecule has 0 saturated heterocycles. The number of benzene rings is 1. The van der Waals surface area contributed by atoms with Crippen molar-refractivity contribution in [1.82, 2.24) is 4.98 Å². The van der Waals surface area contributed by atoms with Gasteiger partial charge in [0, 0.05) is 11.8 Å². The van der Waals surface area contributed by atoms with E-state index in [0.717, 1.165) is 5.69 Å². The van der Waals surface area contributed by atoms with Crippen molar-refractivity contribution in [2.45, 2.75) is 13.8 Å². The molecule has 0 aliphatic heterocycles. The summed E-state index contributed by atoms with van der Waals surface area (Å²) in [6, 6.07) is 6.72. The average molecular weight is 351 g/mol. The average Bonchev–Trinajstić information content (AvgIpc) is 2.48. The number of carbonyl (C=O) groups is 1. The van der Waals surface area contributed by atoms with Crippen LogP contribution < -0.4 is 10.1 Å². The lowest BCUT2D eigenvalue weighted by Crippen LogP contribution is -2.17. The Bertz CT molecular complexity index is 740. The summed E-state index contributed by atoms with van der Waals surface area (Å²) < 4.78 is 5.58. The van der Waals surface area contributed by atoms with Crippen LogP contribution in [0.4, 0.5) is 5.69 Å². The molecule has 2 aromatic rings. The zero-order chi connectivity index (χ0) is 17.0. The summed E-state index contributed by atoms with van der Waals surface area (Å²) in [5.74, 6) is 0.0552. The predicted octanol–water partition coefficient (Wildman–Crippen LogP) is 4.82. The maximum atomic E-state index is 12.7. The lowest BCUT2D eigenvalue weighted by Gasteiger charge is -2.15. The summed E-state index contributed by atoms with van der Waals surface area (Å²) in [6.45, 7) is 7.48. The second-order valence-corrected chi connectivity index (χ2v) is 5.69. The first-order chi connectivity index (χ1) is 10.9. The van der Waals surface area contributed by atoms with E-state index in [0.29, 0.717) is 32.7 Å². The summed E-state index contributed by atoms with van der Waals surface area (Å²) in [5.41, 5.74) is 2.02. The third-order valence-electron chi connectivity index (χ3n) is 3.08. The summed E-state index contributed by atoms with van der Waals surface area (Å²) in [5, 5.41) is 3.44. The maximum absolute atomic E-state index is 12.7. The SMILES string of the molecule is C=CCOc1cc(C)nc(C)c1C(=O)Nc1c(Cl)cccc1Cl. The Balaban J connectivity index is 2.40. The molecular weight excluding hydrogens is 335 g/mol. The van der Waals surface area contributed by atoms with Gasteiger partial charge >= 0.3 is 0 Å². The Morgan fingerprint density at radius 1 is 1.35 bits per heavy atom. The summed E-state index contributed by atoms with van der Waals surface area (Å²) in [7, 11) is 0. The molecule has 0 aliphatic carbocycles. The topological polar surface area (TPSA) is 51.2 Å². The smallest absolute Gasteiger partial charge is 0.261 e. The fourth-order valence-electron chi connectivity index (χ4n) is 2.12. The van der Waals surface area contributed by atoms with Gasteiger partial charge in [0.2, 0.25) is 0 Å². The highest BCUT2D eigenvalue weighted by Gasteiger charge is 2.19. The zero-order valence-corrected chi connectivity index (χ0v) is 14.3. The summed E-state index contributed by atoms with van der Waals surface area (Å²) in [4.78, 5) is 17.0. The second-order valence-electron chi connectivity index (χ2n) is 4.87. The number of aryl methyl sites for hydroxylation is 2. The molecule has 0 unspecified atom stereocenters. The fourth-order valence-corrected chi connectivity index (χ4v) is 2.62. The summed E-state index contributed by atoms with van der Waals surface area (Å²) in [6.07, 6.45) is 1.61. The molecule has 1 aromatic heterocycles. The number of pyridine rings is 1. The predicted molar refractivity (Wildman–Crippen MR) is 93.8 cm³/mol. The number of carbonyl (C=O) groups excluding carboxylic acids is 1. The number of para-hydroxylation sites is 1. The highest BCUT2D eigenvalue weighted by atomic mass is 35.5. The second kappa shape index (κ2) is 7.49. The standard InChI is InChI=1S/C17H16Cl2N2O2/c1-4-8-23-14-9-10(2)20-11(3)15(14)17(22)21-16-12(18)6-5-7-13(16)19/h4-7,9H,1,8H2,2-3H3,(H,21,22). The summed E-state index contributed by atoms with van der Waals surface area (Å²) >= 11 is 12.2. The quantitative estimate of drug-likeness (QED) is 0.786. The van der Waals surface area contributed by atoms with E-state index in [1.165, 1.54) is 0 Å². The Hall–Kier alpha value is -2.04. The molecule has 1 N–H and O–H groups in total. The minimum atomic E-state index is -0.385. The normalized spacial score (nSPS) is 10.3. The minimum Gasteiger partial charge on any atom is -0.489 e. The van der Waals surface area contributed by atoms with Gasteiger partial charge in [0.15, 0.2) is 0 Å². The monoisotopic (exact) mass is 350 g/mol. The Morgan fingerprint density at radius 3 is 2.61 bits per heavy atom. The molecule has 0 aliphatic rings. The lowest BCUT2D eigenvalue weighted by atomic mass is 10.1. The first-order valence-electron chi connectivity index (χ1n) is 6.91. The van der Waals surface area contributed by atoms with Crippen molar-refractivity contribution in [2.75, 3.05) is 11.9 Å². The molecule has 0 radical (unpaired) electrons. The number of anilines is 1. The molecular formula is C17H16Cl2N2O2. The van der Waals surface area contributed by atoms with Crippen LogP contribution in [0.25, 0.3) is 0 Å². The molecule has 1 aromatic carbocycles. The van der Waals surface area contributed by atoms with Crippen molar-refractivity contribution in [3.63, 3.8) is 0 Å². The van der Waals surface area contributed by atoms with E-state index in [9.17, 15) is 4.79 Å². The van der Waals surface area contributed by atoms with Gasteiger partial charge in [-0.05, 0) is 26.0 Å².